The molecular weight excluding hydrogens is 498 g/mol. The highest BCUT2D eigenvalue weighted by Gasteiger charge is 2.11. The van der Waals surface area contributed by atoms with Crippen LogP contribution in [0.3, 0.4) is 0 Å². The lowest BCUT2D eigenvalue weighted by atomic mass is 10.0. The van der Waals surface area contributed by atoms with Crippen LogP contribution in [0.1, 0.15) is 16.7 Å². The maximum Gasteiger partial charge on any atom is 0.269 e. The fourth-order valence-corrected chi connectivity index (χ4v) is 3.50. The van der Waals surface area contributed by atoms with Crippen molar-refractivity contribution >= 4 is 39.3 Å². The van der Waals surface area contributed by atoms with Crippen molar-refractivity contribution in [1.82, 2.24) is 0 Å². The standard InChI is InChI=1S/C26H20BrN3O4/c1-2-4-20-13-19(14-21(16-28)26(31)29-23-6-3-5-22(27)15-23)9-12-25(20)34-17-18-7-10-24(11-8-18)30(32)33/h2-3,5-15H,1,4,17H2,(H,29,31)/b21-14-. The molecule has 0 aliphatic carbocycles. The number of carbonyl (C=O) groups is 1. The summed E-state index contributed by atoms with van der Waals surface area (Å²) >= 11 is 3.35. The minimum absolute atomic E-state index is 0.0180. The lowest BCUT2D eigenvalue weighted by Gasteiger charge is -2.12. The Morgan fingerprint density at radius 1 is 1.18 bits per heavy atom. The Bertz CT molecular complexity index is 1290. The second-order valence-corrected chi connectivity index (χ2v) is 8.12. The summed E-state index contributed by atoms with van der Waals surface area (Å²) in [5.74, 6) is 0.108. The Balaban J connectivity index is 1.76. The third kappa shape index (κ3) is 6.64. The van der Waals surface area contributed by atoms with Crippen molar-refractivity contribution < 1.29 is 14.5 Å². The molecule has 0 bridgehead atoms. The van der Waals surface area contributed by atoms with Gasteiger partial charge in [-0.2, -0.15) is 5.26 Å². The van der Waals surface area contributed by atoms with Gasteiger partial charge in [0.1, 0.15) is 24.0 Å². The SMILES string of the molecule is C=CCc1cc(/C=C(/C#N)C(=O)Nc2cccc(Br)c2)ccc1OCc1ccc([N+](=O)[O-])cc1. The molecule has 0 heterocycles. The second-order valence-electron chi connectivity index (χ2n) is 7.21. The topological polar surface area (TPSA) is 105 Å². The van der Waals surface area contributed by atoms with Crippen molar-refractivity contribution in [3.63, 3.8) is 0 Å². The van der Waals surface area contributed by atoms with Gasteiger partial charge in [-0.05, 0) is 71.7 Å². The Morgan fingerprint density at radius 3 is 2.59 bits per heavy atom. The van der Waals surface area contributed by atoms with E-state index in [9.17, 15) is 20.2 Å². The van der Waals surface area contributed by atoms with Crippen LogP contribution < -0.4 is 10.1 Å². The zero-order valence-electron chi connectivity index (χ0n) is 18.0. The van der Waals surface area contributed by atoms with Gasteiger partial charge in [0.15, 0.2) is 0 Å². The van der Waals surface area contributed by atoms with Crippen molar-refractivity contribution in [1.29, 1.82) is 5.26 Å². The number of rotatable bonds is 9. The van der Waals surface area contributed by atoms with E-state index in [0.717, 1.165) is 15.6 Å². The van der Waals surface area contributed by atoms with Crippen molar-refractivity contribution in [3.05, 3.63) is 116 Å². The van der Waals surface area contributed by atoms with E-state index in [4.69, 9.17) is 4.74 Å². The summed E-state index contributed by atoms with van der Waals surface area (Å²) < 4.78 is 6.72. The summed E-state index contributed by atoms with van der Waals surface area (Å²) in [5, 5.41) is 23.0. The van der Waals surface area contributed by atoms with E-state index in [1.165, 1.54) is 18.2 Å². The average Bonchev–Trinajstić information content (AvgIpc) is 2.82. The number of nitro groups is 1. The minimum atomic E-state index is -0.510. The van der Waals surface area contributed by atoms with Gasteiger partial charge >= 0.3 is 0 Å². The van der Waals surface area contributed by atoms with E-state index in [0.29, 0.717) is 23.4 Å². The highest BCUT2D eigenvalue weighted by molar-refractivity contribution is 9.10. The molecule has 3 rings (SSSR count). The number of hydrogen-bond donors (Lipinski definition) is 1. The van der Waals surface area contributed by atoms with Gasteiger partial charge in [0.25, 0.3) is 11.6 Å². The molecule has 0 saturated heterocycles. The van der Waals surface area contributed by atoms with Crippen LogP contribution in [0.15, 0.2) is 89.4 Å². The fourth-order valence-electron chi connectivity index (χ4n) is 3.10. The molecule has 0 radical (unpaired) electrons. The molecule has 8 heteroatoms. The summed E-state index contributed by atoms with van der Waals surface area (Å²) in [7, 11) is 0. The highest BCUT2D eigenvalue weighted by Crippen LogP contribution is 2.25. The van der Waals surface area contributed by atoms with Crippen molar-refractivity contribution in [2.75, 3.05) is 5.32 Å². The van der Waals surface area contributed by atoms with Crippen molar-refractivity contribution in [2.24, 2.45) is 0 Å². The maximum atomic E-state index is 12.6. The van der Waals surface area contributed by atoms with Crippen LogP contribution in [0.2, 0.25) is 0 Å². The van der Waals surface area contributed by atoms with Crippen molar-refractivity contribution in [2.45, 2.75) is 13.0 Å². The quantitative estimate of drug-likeness (QED) is 0.119. The van der Waals surface area contributed by atoms with Crippen molar-refractivity contribution in [3.8, 4) is 11.8 Å². The van der Waals surface area contributed by atoms with Gasteiger partial charge in [-0.1, -0.05) is 34.1 Å². The number of carbonyl (C=O) groups excluding carboxylic acids is 1. The number of ether oxygens (including phenoxy) is 1. The monoisotopic (exact) mass is 517 g/mol. The number of allylic oxidation sites excluding steroid dienone is 1. The van der Waals surface area contributed by atoms with E-state index in [2.05, 4.69) is 27.8 Å². The number of nitro benzene ring substituents is 1. The maximum absolute atomic E-state index is 12.6. The molecule has 3 aromatic carbocycles. The molecule has 170 valence electrons. The van der Waals surface area contributed by atoms with Gasteiger partial charge in [0.2, 0.25) is 0 Å². The summed E-state index contributed by atoms with van der Waals surface area (Å²) in [4.78, 5) is 22.9. The Kier molecular flexibility index (Phi) is 8.32. The number of nitrogens with zero attached hydrogens (tertiary/aromatic N) is 2. The molecule has 0 atom stereocenters. The van der Waals surface area contributed by atoms with E-state index >= 15 is 0 Å². The molecule has 1 N–H and O–H groups in total. The molecule has 0 fully saturated rings. The van der Waals surface area contributed by atoms with Crippen LogP contribution in [0.4, 0.5) is 11.4 Å². The van der Waals surface area contributed by atoms with Crippen LogP contribution in [0.5, 0.6) is 5.75 Å². The van der Waals surface area contributed by atoms with Crippen LogP contribution in [0, 0.1) is 21.4 Å². The molecule has 7 nitrogen and oxygen atoms in total. The summed E-state index contributed by atoms with van der Waals surface area (Å²) in [6, 6.07) is 20.5. The zero-order chi connectivity index (χ0) is 24.5. The smallest absolute Gasteiger partial charge is 0.269 e. The number of hydrogen-bond acceptors (Lipinski definition) is 5. The van der Waals surface area contributed by atoms with Crippen LogP contribution in [-0.4, -0.2) is 10.8 Å². The summed E-state index contributed by atoms with van der Waals surface area (Å²) in [6.45, 7) is 4.01. The molecule has 1 amide bonds. The number of anilines is 1. The van der Waals surface area contributed by atoms with Gasteiger partial charge in [0, 0.05) is 22.3 Å². The van der Waals surface area contributed by atoms with E-state index < -0.39 is 10.8 Å². The second kappa shape index (κ2) is 11.6. The molecule has 0 spiro atoms. The van der Waals surface area contributed by atoms with Gasteiger partial charge < -0.3 is 10.1 Å². The number of nitriles is 1. The Hall–Kier alpha value is -4.22. The first-order valence-corrected chi connectivity index (χ1v) is 11.0. The van der Waals surface area contributed by atoms with Crippen LogP contribution in [-0.2, 0) is 17.8 Å². The predicted octanol–water partition coefficient (Wildman–Crippen LogP) is 6.21. The molecule has 0 saturated carbocycles. The number of benzene rings is 3. The zero-order valence-corrected chi connectivity index (χ0v) is 19.6. The molecule has 0 aliphatic heterocycles. The van der Waals surface area contributed by atoms with E-state index in [-0.39, 0.29) is 17.9 Å². The Morgan fingerprint density at radius 2 is 1.94 bits per heavy atom. The van der Waals surface area contributed by atoms with Crippen LogP contribution >= 0.6 is 15.9 Å². The fraction of sp³-hybridized carbons (Fsp3) is 0.0769. The molecule has 0 aliphatic rings. The first-order chi connectivity index (χ1) is 16.4. The van der Waals surface area contributed by atoms with E-state index in [1.54, 1.807) is 48.5 Å². The van der Waals surface area contributed by atoms with Gasteiger partial charge in [-0.15, -0.1) is 6.58 Å². The summed E-state index contributed by atoms with van der Waals surface area (Å²) in [5.41, 5.74) is 2.84. The van der Waals surface area contributed by atoms with Gasteiger partial charge in [-0.25, -0.2) is 0 Å². The molecular formula is C26H20BrN3O4. The van der Waals surface area contributed by atoms with Gasteiger partial charge in [-0.3, -0.25) is 14.9 Å². The highest BCUT2D eigenvalue weighted by atomic mass is 79.9. The van der Waals surface area contributed by atoms with E-state index in [1.807, 2.05) is 18.2 Å². The average molecular weight is 518 g/mol. The third-order valence-corrected chi connectivity index (χ3v) is 5.24. The summed E-state index contributed by atoms with van der Waals surface area (Å²) in [6.07, 6.45) is 3.76. The number of non-ortho nitro benzene ring substituents is 1. The first-order valence-electron chi connectivity index (χ1n) is 10.2. The number of nitrogens with one attached hydrogen (secondary N) is 1. The molecule has 0 aromatic heterocycles. The number of halogens is 1. The Labute approximate surface area is 205 Å². The minimum Gasteiger partial charge on any atom is -0.489 e. The van der Waals surface area contributed by atoms with Gasteiger partial charge in [0.05, 0.1) is 4.92 Å². The normalized spacial score (nSPS) is 10.8. The lowest BCUT2D eigenvalue weighted by molar-refractivity contribution is -0.384. The molecule has 3 aromatic rings. The van der Waals surface area contributed by atoms with Crippen LogP contribution in [0.25, 0.3) is 6.08 Å². The molecule has 0 unspecified atom stereocenters. The lowest BCUT2D eigenvalue weighted by Crippen LogP contribution is -2.13. The third-order valence-electron chi connectivity index (χ3n) is 4.75. The predicted molar refractivity (Wildman–Crippen MR) is 134 cm³/mol. The number of amides is 1. The largest absolute Gasteiger partial charge is 0.489 e. The molecule has 34 heavy (non-hydrogen) atoms. The first kappa shape index (κ1) is 24.4.